The molecule has 1 saturated carbocycles. The van der Waals surface area contributed by atoms with Crippen molar-refractivity contribution in [1.29, 1.82) is 0 Å². The summed E-state index contributed by atoms with van der Waals surface area (Å²) in [5.74, 6) is 0. The summed E-state index contributed by atoms with van der Waals surface area (Å²) in [5, 5.41) is 6.36. The molecule has 156 valence electrons. The second kappa shape index (κ2) is 9.57. The number of carbonyl (C=O) groups is 1. The van der Waals surface area contributed by atoms with Gasteiger partial charge in [0.1, 0.15) is 0 Å². The second-order valence-electron chi connectivity index (χ2n) is 9.28. The monoisotopic (exact) mass is 380 g/mol. The fourth-order valence-electron chi connectivity index (χ4n) is 5.07. The molecular weight excluding hydrogens is 340 g/mol. The van der Waals surface area contributed by atoms with Gasteiger partial charge in [-0.3, -0.25) is 9.80 Å². The third-order valence-corrected chi connectivity index (χ3v) is 6.94. The van der Waals surface area contributed by atoms with Crippen molar-refractivity contribution in [3.63, 3.8) is 0 Å². The van der Waals surface area contributed by atoms with Gasteiger partial charge in [-0.15, -0.1) is 0 Å². The van der Waals surface area contributed by atoms with Crippen molar-refractivity contribution in [2.45, 2.75) is 76.3 Å². The van der Waals surface area contributed by atoms with Gasteiger partial charge in [-0.1, -0.05) is 25.7 Å². The lowest BCUT2D eigenvalue weighted by Crippen LogP contribution is -2.61. The lowest BCUT2D eigenvalue weighted by atomic mass is 9.80. The summed E-state index contributed by atoms with van der Waals surface area (Å²) in [4.78, 5) is 17.7. The molecule has 2 saturated heterocycles. The Morgan fingerprint density at radius 2 is 1.56 bits per heavy atom. The molecule has 6 nitrogen and oxygen atoms in total. The number of rotatable bonds is 6. The summed E-state index contributed by atoms with van der Waals surface area (Å²) in [6, 6.07) is -0.0155. The highest BCUT2D eigenvalue weighted by Crippen LogP contribution is 2.33. The molecule has 3 aliphatic rings. The number of carbonyl (C=O) groups excluding carboxylic acids is 1. The van der Waals surface area contributed by atoms with Crippen LogP contribution in [0.15, 0.2) is 0 Å². The summed E-state index contributed by atoms with van der Waals surface area (Å²) in [6.07, 6.45) is 10.1. The van der Waals surface area contributed by atoms with E-state index >= 15 is 0 Å². The van der Waals surface area contributed by atoms with Gasteiger partial charge < -0.3 is 15.4 Å². The maximum Gasteiger partial charge on any atom is 0.314 e. The van der Waals surface area contributed by atoms with E-state index in [0.717, 1.165) is 45.9 Å². The van der Waals surface area contributed by atoms with Gasteiger partial charge in [0.05, 0.1) is 13.2 Å². The van der Waals surface area contributed by atoms with Crippen LogP contribution in [0, 0.1) is 0 Å². The molecule has 2 aliphatic heterocycles. The first kappa shape index (κ1) is 20.9. The third-order valence-electron chi connectivity index (χ3n) is 6.94. The highest BCUT2D eigenvalue weighted by molar-refractivity contribution is 5.74. The zero-order chi connectivity index (χ0) is 19.2. The Labute approximate surface area is 165 Å². The standard InChI is InChI=1S/C21H40N4O2/c1-20(2,24-11-7-4-8-12-24)17-22-19(26)23-18-21(9-5-3-6-10-21)25-13-15-27-16-14-25/h3-18H2,1-2H3,(H2,22,23,26). The fraction of sp³-hybridized carbons (Fsp3) is 0.952. The highest BCUT2D eigenvalue weighted by Gasteiger charge is 2.39. The molecule has 1 aliphatic carbocycles. The van der Waals surface area contributed by atoms with E-state index in [1.54, 1.807) is 0 Å². The van der Waals surface area contributed by atoms with E-state index in [2.05, 4.69) is 34.3 Å². The Balaban J connectivity index is 1.48. The number of likely N-dealkylation sites (tertiary alicyclic amines) is 1. The number of nitrogens with zero attached hydrogens (tertiary/aromatic N) is 2. The number of hydrogen-bond acceptors (Lipinski definition) is 4. The predicted molar refractivity (Wildman–Crippen MR) is 109 cm³/mol. The minimum Gasteiger partial charge on any atom is -0.379 e. The molecule has 0 spiro atoms. The van der Waals surface area contributed by atoms with Gasteiger partial charge in [0, 0.05) is 37.3 Å². The lowest BCUT2D eigenvalue weighted by Gasteiger charge is -2.48. The number of morpholine rings is 1. The zero-order valence-electron chi connectivity index (χ0n) is 17.5. The van der Waals surface area contributed by atoms with Crippen molar-refractivity contribution >= 4 is 6.03 Å². The molecule has 2 amide bonds. The molecule has 6 heteroatoms. The number of piperidine rings is 1. The summed E-state index contributed by atoms with van der Waals surface area (Å²) in [5.41, 5.74) is 0.145. The Kier molecular flexibility index (Phi) is 7.40. The van der Waals surface area contributed by atoms with Gasteiger partial charge in [-0.2, -0.15) is 0 Å². The van der Waals surface area contributed by atoms with Crippen LogP contribution in [0.25, 0.3) is 0 Å². The van der Waals surface area contributed by atoms with E-state index in [4.69, 9.17) is 4.74 Å². The van der Waals surface area contributed by atoms with E-state index in [9.17, 15) is 4.79 Å². The molecule has 2 heterocycles. The lowest BCUT2D eigenvalue weighted by molar-refractivity contribution is -0.0357. The normalized spacial score (nSPS) is 25.1. The van der Waals surface area contributed by atoms with Crippen molar-refractivity contribution in [1.82, 2.24) is 20.4 Å². The Morgan fingerprint density at radius 3 is 2.22 bits per heavy atom. The summed E-state index contributed by atoms with van der Waals surface area (Å²) >= 11 is 0. The average molecular weight is 381 g/mol. The van der Waals surface area contributed by atoms with Gasteiger partial charge in [0.15, 0.2) is 0 Å². The fourth-order valence-corrected chi connectivity index (χ4v) is 5.07. The van der Waals surface area contributed by atoms with Crippen LogP contribution >= 0.6 is 0 Å². The Bertz CT molecular complexity index is 465. The van der Waals surface area contributed by atoms with Crippen LogP contribution in [-0.2, 0) is 4.74 Å². The molecule has 0 bridgehead atoms. The summed E-state index contributed by atoms with van der Waals surface area (Å²) < 4.78 is 5.55. The number of nitrogens with one attached hydrogen (secondary N) is 2. The summed E-state index contributed by atoms with van der Waals surface area (Å²) in [6.45, 7) is 11.9. The van der Waals surface area contributed by atoms with Crippen molar-refractivity contribution < 1.29 is 9.53 Å². The molecule has 3 rings (SSSR count). The van der Waals surface area contributed by atoms with Crippen LogP contribution in [0.2, 0.25) is 0 Å². The third kappa shape index (κ3) is 5.58. The molecule has 0 atom stereocenters. The average Bonchev–Trinajstić information content (AvgIpc) is 2.73. The molecular formula is C21H40N4O2. The van der Waals surface area contributed by atoms with Crippen molar-refractivity contribution in [3.05, 3.63) is 0 Å². The highest BCUT2D eigenvalue weighted by atomic mass is 16.5. The topological polar surface area (TPSA) is 56.8 Å². The van der Waals surface area contributed by atoms with E-state index in [0.29, 0.717) is 6.54 Å². The van der Waals surface area contributed by atoms with E-state index < -0.39 is 0 Å². The second-order valence-corrected chi connectivity index (χ2v) is 9.28. The first-order valence-corrected chi connectivity index (χ1v) is 11.1. The number of urea groups is 1. The SMILES string of the molecule is CC(C)(CNC(=O)NCC1(N2CCOCC2)CCCCC1)N1CCCCC1. The largest absolute Gasteiger partial charge is 0.379 e. The molecule has 0 radical (unpaired) electrons. The minimum absolute atomic E-state index is 0.0155. The maximum atomic E-state index is 12.6. The van der Waals surface area contributed by atoms with Gasteiger partial charge in [-0.05, 0) is 52.6 Å². The van der Waals surface area contributed by atoms with E-state index in [1.807, 2.05) is 0 Å². The Hall–Kier alpha value is -0.850. The van der Waals surface area contributed by atoms with Crippen molar-refractivity contribution in [2.75, 3.05) is 52.5 Å². The van der Waals surface area contributed by atoms with E-state index in [1.165, 1.54) is 51.4 Å². The quantitative estimate of drug-likeness (QED) is 0.744. The molecule has 2 N–H and O–H groups in total. The van der Waals surface area contributed by atoms with Crippen LogP contribution < -0.4 is 10.6 Å². The van der Waals surface area contributed by atoms with Gasteiger partial charge >= 0.3 is 6.03 Å². The number of amides is 2. The van der Waals surface area contributed by atoms with Crippen LogP contribution in [-0.4, -0.2) is 79.4 Å². The molecule has 27 heavy (non-hydrogen) atoms. The first-order chi connectivity index (χ1) is 13.0. The molecule has 0 unspecified atom stereocenters. The van der Waals surface area contributed by atoms with Crippen molar-refractivity contribution in [3.8, 4) is 0 Å². The predicted octanol–water partition coefficient (Wildman–Crippen LogP) is 2.59. The van der Waals surface area contributed by atoms with Crippen LogP contribution in [0.4, 0.5) is 4.79 Å². The molecule has 0 aromatic rings. The minimum atomic E-state index is -0.0155. The van der Waals surface area contributed by atoms with Gasteiger partial charge in [0.2, 0.25) is 0 Å². The zero-order valence-corrected chi connectivity index (χ0v) is 17.5. The smallest absolute Gasteiger partial charge is 0.314 e. The number of hydrogen-bond donors (Lipinski definition) is 2. The van der Waals surface area contributed by atoms with E-state index in [-0.39, 0.29) is 17.1 Å². The number of ether oxygens (including phenoxy) is 1. The first-order valence-electron chi connectivity index (χ1n) is 11.1. The summed E-state index contributed by atoms with van der Waals surface area (Å²) in [7, 11) is 0. The van der Waals surface area contributed by atoms with Crippen LogP contribution in [0.1, 0.15) is 65.2 Å². The Morgan fingerprint density at radius 1 is 0.926 bits per heavy atom. The molecule has 0 aromatic heterocycles. The van der Waals surface area contributed by atoms with Crippen LogP contribution in [0.5, 0.6) is 0 Å². The van der Waals surface area contributed by atoms with Crippen molar-refractivity contribution in [2.24, 2.45) is 0 Å². The van der Waals surface area contributed by atoms with Gasteiger partial charge in [-0.25, -0.2) is 4.79 Å². The maximum absolute atomic E-state index is 12.6. The van der Waals surface area contributed by atoms with Crippen LogP contribution in [0.3, 0.4) is 0 Å². The van der Waals surface area contributed by atoms with Gasteiger partial charge in [0.25, 0.3) is 0 Å². The molecule has 3 fully saturated rings. The molecule has 0 aromatic carbocycles.